The van der Waals surface area contributed by atoms with Crippen molar-refractivity contribution in [1.29, 1.82) is 0 Å². The minimum Gasteiger partial charge on any atom is -0.481 e. The molecule has 0 spiro atoms. The number of aliphatic hydroxyl groups excluding tert-OH is 3. The third-order valence-corrected chi connectivity index (χ3v) is 13.7. The molecule has 6 N–H and O–H groups in total. The zero-order chi connectivity index (χ0) is 63.6. The van der Waals surface area contributed by atoms with E-state index in [1.165, 1.54) is 6.92 Å². The Morgan fingerprint density at radius 1 is 0.379 bits per heavy atom. The summed E-state index contributed by atoms with van der Waals surface area (Å²) in [6.07, 6.45) is -36.4. The number of Topliss-reactive ketones (excluding diaryl/α,β-unsaturated/α-hetero) is 2. The maximum atomic E-state index is 13.8. The van der Waals surface area contributed by atoms with Crippen LogP contribution in [0.5, 0.6) is 0 Å². The van der Waals surface area contributed by atoms with E-state index >= 15 is 0 Å². The van der Waals surface area contributed by atoms with Crippen molar-refractivity contribution in [2.45, 2.75) is 219 Å². The van der Waals surface area contributed by atoms with Gasteiger partial charge in [0.15, 0.2) is 37.4 Å². The van der Waals surface area contributed by atoms with Gasteiger partial charge in [0.2, 0.25) is 0 Å². The van der Waals surface area contributed by atoms with Crippen LogP contribution in [0.15, 0.2) is 0 Å². The lowest BCUT2D eigenvalue weighted by Gasteiger charge is -2.51. The lowest BCUT2D eigenvalue weighted by Crippen LogP contribution is -2.67. The van der Waals surface area contributed by atoms with Crippen molar-refractivity contribution in [3.63, 3.8) is 0 Å². The third kappa shape index (κ3) is 23.6. The van der Waals surface area contributed by atoms with E-state index in [1.807, 2.05) is 0 Å². The maximum Gasteiger partial charge on any atom is 0.306 e. The first-order valence-corrected chi connectivity index (χ1v) is 26.8. The van der Waals surface area contributed by atoms with Crippen molar-refractivity contribution in [2.24, 2.45) is 17.8 Å². The van der Waals surface area contributed by atoms with Gasteiger partial charge in [-0.2, -0.15) is 0 Å². The Morgan fingerprint density at radius 3 is 1.23 bits per heavy atom. The van der Waals surface area contributed by atoms with Crippen molar-refractivity contribution >= 4 is 71.3 Å². The van der Waals surface area contributed by atoms with Crippen LogP contribution >= 0.6 is 0 Å². The van der Waals surface area contributed by atoms with Crippen LogP contribution in [0.1, 0.15) is 115 Å². The minimum atomic E-state index is -2.27. The first-order chi connectivity index (χ1) is 39.9. The highest BCUT2D eigenvalue weighted by Crippen LogP contribution is 2.42. The van der Waals surface area contributed by atoms with E-state index in [0.29, 0.717) is 0 Å². The molecule has 0 aromatic carbocycles. The standard InChI is InChI=1S/C52H74O33.2CH4/c1-21(53)15-28-23(3)30(17-74-37(65)12-9-34(59)60)78-50(40(28)68)85-45-32(18-72-24(4)55)79-49(29(16-22(2)54)43(45)82-39(67)14-11-36(63)64)84-46-33(19-73-25(5)56)80-51(42(70)47(46)76-26(6)57)83-44-31(20-75-38(66)13-10-35(61)62)81-52(71-8)48(41(44)69)77-27(7)58;;/h23,28-33,40-52,68-70H,9-20H2,1-8H3,(H,59,60)(H,61,62)(H,63,64);2*1H4. The normalized spacial score (nSPS) is 32.0. The summed E-state index contributed by atoms with van der Waals surface area (Å²) < 4.78 is 87.0. The van der Waals surface area contributed by atoms with Gasteiger partial charge in [-0.05, 0) is 19.8 Å². The fraction of sp³-hybridized carbons (Fsp3) is 0.778. The number of carbonyl (C=O) groups excluding carboxylic acids is 9. The molecule has 4 aliphatic heterocycles. The molecule has 4 heterocycles. The zero-order valence-electron chi connectivity index (χ0n) is 47.7. The summed E-state index contributed by atoms with van der Waals surface area (Å²) in [6, 6.07) is 0. The van der Waals surface area contributed by atoms with Crippen LogP contribution in [-0.4, -0.2) is 240 Å². The van der Waals surface area contributed by atoms with Crippen molar-refractivity contribution < 1.29 is 159 Å². The molecule has 496 valence electrons. The molecular formula is C54H82O33. The Balaban J connectivity index is 0.0000129. The fourth-order valence-electron chi connectivity index (χ4n) is 9.73. The van der Waals surface area contributed by atoms with Gasteiger partial charge >= 0.3 is 59.7 Å². The molecule has 0 bridgehead atoms. The van der Waals surface area contributed by atoms with Crippen LogP contribution in [0.3, 0.4) is 0 Å². The molecule has 4 aliphatic rings. The van der Waals surface area contributed by atoms with E-state index in [4.69, 9.17) is 81.3 Å². The van der Waals surface area contributed by atoms with Crippen molar-refractivity contribution in [3.05, 3.63) is 0 Å². The zero-order valence-corrected chi connectivity index (χ0v) is 47.7. The predicted octanol–water partition coefficient (Wildman–Crippen LogP) is -0.548. The molecule has 33 heteroatoms. The number of aliphatic hydroxyl groups is 3. The molecule has 20 unspecified atom stereocenters. The van der Waals surface area contributed by atoms with Gasteiger partial charge in [-0.25, -0.2) is 0 Å². The number of methoxy groups -OCH3 is 1. The number of rotatable bonds is 31. The smallest absolute Gasteiger partial charge is 0.306 e. The summed E-state index contributed by atoms with van der Waals surface area (Å²) in [6.45, 7) is 4.62. The molecule has 20 atom stereocenters. The molecule has 4 rings (SSSR count). The molecule has 0 radical (unpaired) electrons. The summed E-state index contributed by atoms with van der Waals surface area (Å²) >= 11 is 0. The monoisotopic (exact) mass is 1260 g/mol. The number of ketones is 2. The summed E-state index contributed by atoms with van der Waals surface area (Å²) in [5.74, 6) is -15.9. The van der Waals surface area contributed by atoms with Crippen molar-refractivity contribution in [3.8, 4) is 0 Å². The number of hydrogen-bond donors (Lipinski definition) is 6. The van der Waals surface area contributed by atoms with Crippen LogP contribution in [0, 0.1) is 17.8 Å². The summed E-state index contributed by atoms with van der Waals surface area (Å²) in [5, 5.41) is 63.5. The first-order valence-electron chi connectivity index (χ1n) is 26.8. The van der Waals surface area contributed by atoms with Crippen LogP contribution in [0.4, 0.5) is 0 Å². The molecule has 0 amide bonds. The largest absolute Gasteiger partial charge is 0.481 e. The molecule has 4 fully saturated rings. The highest BCUT2D eigenvalue weighted by molar-refractivity contribution is 5.79. The van der Waals surface area contributed by atoms with E-state index in [2.05, 4.69) is 0 Å². The quantitative estimate of drug-likeness (QED) is 0.0375. The second kappa shape index (κ2) is 36.2. The first kappa shape index (κ1) is 76.7. The minimum absolute atomic E-state index is 0. The molecule has 0 aromatic rings. The fourth-order valence-corrected chi connectivity index (χ4v) is 9.73. The number of ether oxygens (including phenoxy) is 15. The highest BCUT2D eigenvalue weighted by Gasteiger charge is 2.58. The van der Waals surface area contributed by atoms with Crippen LogP contribution < -0.4 is 0 Å². The number of hydrogen-bond acceptors (Lipinski definition) is 30. The maximum absolute atomic E-state index is 13.8. The van der Waals surface area contributed by atoms with E-state index in [9.17, 15) is 78.0 Å². The number of carboxylic acids is 3. The van der Waals surface area contributed by atoms with Crippen LogP contribution in [-0.2, 0) is 129 Å². The number of esters is 7. The Hall–Kier alpha value is -6.40. The van der Waals surface area contributed by atoms with E-state index in [0.717, 1.165) is 41.7 Å². The summed E-state index contributed by atoms with van der Waals surface area (Å²) in [5.41, 5.74) is 0. The molecule has 0 aliphatic carbocycles. The summed E-state index contributed by atoms with van der Waals surface area (Å²) in [4.78, 5) is 149. The Morgan fingerprint density at radius 2 is 0.759 bits per heavy atom. The van der Waals surface area contributed by atoms with Crippen LogP contribution in [0.2, 0.25) is 0 Å². The van der Waals surface area contributed by atoms with E-state index < -0.39 is 265 Å². The molecule has 87 heavy (non-hydrogen) atoms. The van der Waals surface area contributed by atoms with Crippen molar-refractivity contribution in [1.82, 2.24) is 0 Å². The molecule has 0 aromatic heterocycles. The number of carboxylic acid groups (broad SMARTS) is 3. The van der Waals surface area contributed by atoms with Gasteiger partial charge in [0.25, 0.3) is 0 Å². The Bertz CT molecular complexity index is 2360. The van der Waals surface area contributed by atoms with Gasteiger partial charge in [0.1, 0.15) is 99.0 Å². The van der Waals surface area contributed by atoms with E-state index in [-0.39, 0.29) is 21.3 Å². The average molecular weight is 1260 g/mol. The lowest BCUT2D eigenvalue weighted by atomic mass is 9.79. The predicted molar refractivity (Wildman–Crippen MR) is 281 cm³/mol. The van der Waals surface area contributed by atoms with Crippen molar-refractivity contribution in [2.75, 3.05) is 33.5 Å². The van der Waals surface area contributed by atoms with Gasteiger partial charge in [-0.15, -0.1) is 0 Å². The van der Waals surface area contributed by atoms with Gasteiger partial charge < -0.3 is 111 Å². The van der Waals surface area contributed by atoms with Gasteiger partial charge in [-0.1, -0.05) is 21.8 Å². The average Bonchev–Trinajstić information content (AvgIpc) is 1.07. The molecule has 4 saturated heterocycles. The van der Waals surface area contributed by atoms with Gasteiger partial charge in [0, 0.05) is 53.6 Å². The van der Waals surface area contributed by atoms with Gasteiger partial charge in [-0.3, -0.25) is 47.9 Å². The van der Waals surface area contributed by atoms with Crippen LogP contribution in [0.25, 0.3) is 0 Å². The second-order valence-corrected chi connectivity index (χ2v) is 20.4. The van der Waals surface area contributed by atoms with Gasteiger partial charge in [0.05, 0.1) is 50.5 Å². The highest BCUT2D eigenvalue weighted by atomic mass is 16.8. The number of carbonyl (C=O) groups is 12. The SMILES string of the molecule is C.C.COC1OC(COC(=O)CCC(=O)O)C(OC2OC(COC(C)=O)C(OC3OC(COC(C)=O)C(OC4OC(COC(=O)CCC(=O)O)C(C)C(CC(C)=O)C4O)C(OC(=O)CCC(=O)O)C3CC(C)=O)C(OC(C)=O)C2O)C(O)C1OC(C)=O. The topological polar surface area (TPSA) is 465 Å². The second-order valence-electron chi connectivity index (χ2n) is 20.4. The Kier molecular flexibility index (Phi) is 31.9. The molecule has 33 nitrogen and oxygen atoms in total. The molecular weight excluding hydrogens is 1180 g/mol. The number of aliphatic carboxylic acids is 3. The Labute approximate surface area is 499 Å². The summed E-state index contributed by atoms with van der Waals surface area (Å²) in [7, 11) is 1.10. The van der Waals surface area contributed by atoms with E-state index in [1.54, 1.807) is 6.92 Å². The lowest BCUT2D eigenvalue weighted by molar-refractivity contribution is -0.383. The molecule has 0 saturated carbocycles. The third-order valence-electron chi connectivity index (χ3n) is 13.7.